The van der Waals surface area contributed by atoms with Gasteiger partial charge >= 0.3 is 0 Å². The number of ketones is 1. The third-order valence-corrected chi connectivity index (χ3v) is 7.12. The Labute approximate surface area is 207 Å². The molecule has 2 aliphatic heterocycles. The average molecular weight is 526 g/mol. The molecule has 1 unspecified atom stereocenters. The number of alkyl halides is 2. The molecule has 0 bridgehead atoms. The summed E-state index contributed by atoms with van der Waals surface area (Å²) in [6.45, 7) is 2.02. The second kappa shape index (κ2) is 8.89. The second-order valence-electron chi connectivity index (χ2n) is 9.61. The normalized spacial score (nSPS) is 21.3. The molecule has 1 atom stereocenters. The van der Waals surface area contributed by atoms with Crippen LogP contribution < -0.4 is 27.0 Å². The number of aromatic nitrogens is 1. The van der Waals surface area contributed by atoms with E-state index < -0.39 is 65.4 Å². The predicted octanol–water partition coefficient (Wildman–Crippen LogP) is 1.86. The average Bonchev–Trinajstić information content (AvgIpc) is 3.53. The molecule has 1 saturated carbocycles. The van der Waals surface area contributed by atoms with Gasteiger partial charge < -0.3 is 15.2 Å². The monoisotopic (exact) mass is 526 g/mol. The molecule has 2 amide bonds. The summed E-state index contributed by atoms with van der Waals surface area (Å²) < 4.78 is 69.7. The third kappa shape index (κ3) is 4.28. The van der Waals surface area contributed by atoms with Gasteiger partial charge in [0.25, 0.3) is 23.5 Å². The number of hydrogen-bond donors (Lipinski definition) is 5. The molecule has 5 rings (SSSR count). The molecule has 37 heavy (non-hydrogen) atoms. The van der Waals surface area contributed by atoms with E-state index in [1.807, 2.05) is 0 Å². The van der Waals surface area contributed by atoms with Crippen LogP contribution in [0.4, 0.5) is 27.6 Å². The Hall–Kier alpha value is -3.36. The number of carbonyl (C=O) groups is 3. The number of nitrogens with one attached hydrogen (secondary N) is 5. The summed E-state index contributed by atoms with van der Waals surface area (Å²) in [5.41, 5.74) is 7.01. The van der Waals surface area contributed by atoms with Gasteiger partial charge in [-0.3, -0.25) is 14.4 Å². The Morgan fingerprint density at radius 3 is 2.38 bits per heavy atom. The van der Waals surface area contributed by atoms with E-state index in [4.69, 9.17) is 0 Å². The van der Waals surface area contributed by atoms with Crippen LogP contribution in [0, 0.1) is 24.4 Å². The summed E-state index contributed by atoms with van der Waals surface area (Å²) in [6.07, 6.45) is -0.339. The van der Waals surface area contributed by atoms with Crippen molar-refractivity contribution >= 4 is 23.3 Å². The molecule has 2 aromatic rings. The molecule has 1 aliphatic carbocycles. The van der Waals surface area contributed by atoms with E-state index >= 15 is 0 Å². The van der Waals surface area contributed by atoms with E-state index in [0.717, 1.165) is 0 Å². The molecule has 0 radical (unpaired) electrons. The number of benzene rings is 1. The topological polar surface area (TPSA) is 116 Å². The molecule has 1 aromatic carbocycles. The van der Waals surface area contributed by atoms with E-state index in [2.05, 4.69) is 27.0 Å². The Morgan fingerprint density at radius 1 is 1.11 bits per heavy atom. The minimum Gasteiger partial charge on any atom is -0.342 e. The second-order valence-corrected chi connectivity index (χ2v) is 9.61. The molecule has 3 heterocycles. The fourth-order valence-electron chi connectivity index (χ4n) is 5.49. The lowest BCUT2D eigenvalue weighted by molar-refractivity contribution is -0.151. The first kappa shape index (κ1) is 25.3. The quantitative estimate of drug-likeness (QED) is 0.170. The van der Waals surface area contributed by atoms with Crippen LogP contribution in [0.15, 0.2) is 12.1 Å². The summed E-state index contributed by atoms with van der Waals surface area (Å²) in [5.74, 6) is -10.5. The maximum Gasteiger partial charge on any atom is 0.294 e. The van der Waals surface area contributed by atoms with Crippen molar-refractivity contribution in [2.24, 2.45) is 0 Å². The van der Waals surface area contributed by atoms with E-state index in [1.54, 1.807) is 0 Å². The molecule has 0 spiro atoms. The number of hydrazine groups is 2. The Kier molecular flexibility index (Phi) is 6.08. The summed E-state index contributed by atoms with van der Waals surface area (Å²) >= 11 is 0. The number of carbonyl (C=O) groups excluding carboxylic acids is 3. The van der Waals surface area contributed by atoms with Crippen LogP contribution in [0.25, 0.3) is 0 Å². The van der Waals surface area contributed by atoms with Crippen LogP contribution in [0.3, 0.4) is 0 Å². The first-order valence-corrected chi connectivity index (χ1v) is 11.6. The van der Waals surface area contributed by atoms with Crippen LogP contribution in [-0.4, -0.2) is 46.2 Å². The Bertz CT molecular complexity index is 1290. The van der Waals surface area contributed by atoms with Gasteiger partial charge in [-0.2, -0.15) is 5.53 Å². The molecule has 3 aliphatic rings. The molecule has 198 valence electrons. The van der Waals surface area contributed by atoms with Crippen LogP contribution in [0.1, 0.15) is 51.4 Å². The third-order valence-electron chi connectivity index (χ3n) is 7.12. The molecule has 9 nitrogen and oxygen atoms in total. The number of anilines is 1. The minimum absolute atomic E-state index is 0.0505. The number of Topliss-reactive ketones (excluding diaryl/α,β-unsaturated/α-hetero) is 1. The highest BCUT2D eigenvalue weighted by atomic mass is 19.3. The van der Waals surface area contributed by atoms with Gasteiger partial charge in [0.1, 0.15) is 0 Å². The van der Waals surface area contributed by atoms with Gasteiger partial charge in [0.15, 0.2) is 17.5 Å². The molecule has 14 heteroatoms. The zero-order valence-corrected chi connectivity index (χ0v) is 19.5. The van der Waals surface area contributed by atoms with Gasteiger partial charge in [0.05, 0.1) is 22.8 Å². The van der Waals surface area contributed by atoms with Crippen molar-refractivity contribution in [2.75, 3.05) is 11.9 Å². The highest BCUT2D eigenvalue weighted by Gasteiger charge is 2.61. The summed E-state index contributed by atoms with van der Waals surface area (Å²) in [4.78, 5) is 39.4. The number of fused-ring (bicyclic) bond motifs is 1. The van der Waals surface area contributed by atoms with Gasteiger partial charge in [0, 0.05) is 49.4 Å². The fourth-order valence-corrected chi connectivity index (χ4v) is 5.49. The predicted molar refractivity (Wildman–Crippen MR) is 119 cm³/mol. The summed E-state index contributed by atoms with van der Waals surface area (Å²) in [5, 5.41) is 4.80. The number of rotatable bonds is 6. The van der Waals surface area contributed by atoms with Crippen molar-refractivity contribution < 1.29 is 36.3 Å². The highest BCUT2D eigenvalue weighted by Crippen LogP contribution is 2.47. The van der Waals surface area contributed by atoms with Crippen LogP contribution in [-0.2, 0) is 17.8 Å². The zero-order chi connectivity index (χ0) is 26.7. The molecule has 2 fully saturated rings. The molecule has 1 saturated heterocycles. The maximum atomic E-state index is 13.8. The highest BCUT2D eigenvalue weighted by molar-refractivity contribution is 6.43. The van der Waals surface area contributed by atoms with Crippen molar-refractivity contribution in [1.29, 1.82) is 0 Å². The summed E-state index contributed by atoms with van der Waals surface area (Å²) in [7, 11) is 0. The molecular weight excluding hydrogens is 503 g/mol. The van der Waals surface area contributed by atoms with Gasteiger partial charge in [-0.25, -0.2) is 32.8 Å². The number of nitrogens with zero attached hydrogens (tertiary/aromatic N) is 1. The Balaban J connectivity index is 1.42. The van der Waals surface area contributed by atoms with Gasteiger partial charge in [-0.1, -0.05) is 0 Å². The van der Waals surface area contributed by atoms with E-state index in [0.29, 0.717) is 37.2 Å². The van der Waals surface area contributed by atoms with Crippen molar-refractivity contribution in [3.8, 4) is 0 Å². The van der Waals surface area contributed by atoms with Crippen molar-refractivity contribution in [3.63, 3.8) is 0 Å². The van der Waals surface area contributed by atoms with Crippen LogP contribution >= 0.6 is 0 Å². The molecular formula is C23H23F5N6O3. The number of amides is 2. The minimum atomic E-state index is -2.99. The lowest BCUT2D eigenvalue weighted by Crippen LogP contribution is -2.72. The summed E-state index contributed by atoms with van der Waals surface area (Å²) in [6, 6.07) is 0.646. The van der Waals surface area contributed by atoms with Crippen LogP contribution in [0.2, 0.25) is 0 Å². The largest absolute Gasteiger partial charge is 0.342 e. The van der Waals surface area contributed by atoms with E-state index in [9.17, 15) is 36.3 Å². The maximum absolute atomic E-state index is 13.8. The van der Waals surface area contributed by atoms with Gasteiger partial charge in [0.2, 0.25) is 0 Å². The Morgan fingerprint density at radius 2 is 1.78 bits per heavy atom. The van der Waals surface area contributed by atoms with E-state index in [1.165, 1.54) is 11.5 Å². The van der Waals surface area contributed by atoms with Crippen LogP contribution in [0.5, 0.6) is 0 Å². The zero-order valence-electron chi connectivity index (χ0n) is 19.5. The van der Waals surface area contributed by atoms with Crippen molar-refractivity contribution in [1.82, 2.24) is 26.3 Å². The fraction of sp³-hybridized carbons (Fsp3) is 0.435. The number of hydrogen-bond acceptors (Lipinski definition) is 6. The smallest absolute Gasteiger partial charge is 0.294 e. The lowest BCUT2D eigenvalue weighted by Gasteiger charge is -2.50. The number of halogens is 5. The van der Waals surface area contributed by atoms with E-state index in [-0.39, 0.29) is 29.1 Å². The van der Waals surface area contributed by atoms with Crippen molar-refractivity contribution in [2.45, 2.75) is 56.7 Å². The van der Waals surface area contributed by atoms with Crippen molar-refractivity contribution in [3.05, 3.63) is 52.1 Å². The lowest BCUT2D eigenvalue weighted by atomic mass is 9.68. The SMILES string of the molecule is Cc1c(C(=O)Nc2cc(F)c(F)c(F)c2)c2n(c1C(=O)C(=O)NC1(C3CNNN3)CC(F)(F)C1)CCC2. The van der Waals surface area contributed by atoms with Gasteiger partial charge in [-0.05, 0) is 25.3 Å². The molecule has 1 aromatic heterocycles. The first-order valence-electron chi connectivity index (χ1n) is 11.6. The first-order chi connectivity index (χ1) is 17.4. The standard InChI is InChI=1S/C23H23F5N6O3/c1-10-16(20(36)30-11-5-12(24)17(26)13(25)6-11)14-3-2-4-34(14)18(10)19(35)21(37)31-22(8-23(27,28)9-22)15-7-29-33-32-15/h5-6,15,29,32-33H,2-4,7-9H2,1H3,(H,30,36)(H,31,37). The molecule has 5 N–H and O–H groups in total. The van der Waals surface area contributed by atoms with Gasteiger partial charge in [-0.15, -0.1) is 0 Å².